The smallest absolute Gasteiger partial charge is 0.337 e. The summed E-state index contributed by atoms with van der Waals surface area (Å²) in [6, 6.07) is 12.5. The van der Waals surface area contributed by atoms with Crippen molar-refractivity contribution in [3.05, 3.63) is 59.7 Å². The largest absolute Gasteiger partial charge is 0.478 e. The molecule has 1 fully saturated rings. The normalized spacial score (nSPS) is 15.6. The fourth-order valence-electron chi connectivity index (χ4n) is 4.16. The predicted octanol–water partition coefficient (Wildman–Crippen LogP) is 3.46. The van der Waals surface area contributed by atoms with Crippen molar-refractivity contribution in [1.29, 1.82) is 0 Å². The molecule has 3 N–H and O–H groups in total. The fraction of sp³-hybridized carbons (Fsp3) is 0.182. The lowest BCUT2D eigenvalue weighted by Gasteiger charge is -2.29. The molecular weight excluding hydrogens is 450 g/mol. The molecule has 0 spiro atoms. The average Bonchev–Trinajstić information content (AvgIpc) is 3.11. The number of benzene rings is 3. The van der Waals surface area contributed by atoms with Gasteiger partial charge >= 0.3 is 5.97 Å². The van der Waals surface area contributed by atoms with Gasteiger partial charge in [0.1, 0.15) is 0 Å². The number of nitrogens with zero attached hydrogens (tertiary/aromatic N) is 1. The van der Waals surface area contributed by atoms with Crippen molar-refractivity contribution in [3.63, 3.8) is 0 Å². The van der Waals surface area contributed by atoms with E-state index in [4.69, 9.17) is 0 Å². The van der Waals surface area contributed by atoms with E-state index in [1.54, 1.807) is 36.4 Å². The highest BCUT2D eigenvalue weighted by Gasteiger charge is 2.27. The van der Waals surface area contributed by atoms with Crippen molar-refractivity contribution in [2.45, 2.75) is 4.90 Å². The average molecular weight is 470 g/mol. The minimum absolute atomic E-state index is 0.0172. The monoisotopic (exact) mass is 469 g/mol. The van der Waals surface area contributed by atoms with E-state index in [-0.39, 0.29) is 22.1 Å². The second-order valence-electron chi connectivity index (χ2n) is 7.54. The topological polar surface area (TPSA) is 116 Å². The van der Waals surface area contributed by atoms with Crippen LogP contribution in [0, 0.1) is 0 Å². The highest BCUT2D eigenvalue weighted by Crippen LogP contribution is 2.37. The molecule has 0 aliphatic carbocycles. The molecule has 8 nitrogen and oxygen atoms in total. The van der Waals surface area contributed by atoms with Crippen LogP contribution in [0.1, 0.15) is 20.7 Å². The number of aromatic carboxylic acids is 1. The van der Waals surface area contributed by atoms with Gasteiger partial charge in [-0.1, -0.05) is 12.1 Å². The molecular formula is C22H19N3O5S2. The fourth-order valence-corrected chi connectivity index (χ4v) is 6.32. The first kappa shape index (κ1) is 20.7. The van der Waals surface area contributed by atoms with Gasteiger partial charge in [-0.2, -0.15) is 11.8 Å². The van der Waals surface area contributed by atoms with E-state index in [9.17, 15) is 23.1 Å². The molecule has 2 aliphatic heterocycles. The minimum atomic E-state index is -4.04. The van der Waals surface area contributed by atoms with Crippen LogP contribution in [0.15, 0.2) is 53.4 Å². The summed E-state index contributed by atoms with van der Waals surface area (Å²) in [5.74, 6) is 0.436. The Kier molecular flexibility index (Phi) is 4.98. The zero-order valence-corrected chi connectivity index (χ0v) is 18.4. The lowest BCUT2D eigenvalue weighted by molar-refractivity contribution is 0.0697. The van der Waals surface area contributed by atoms with E-state index in [0.717, 1.165) is 24.6 Å². The number of hydrogen-bond acceptors (Lipinski definition) is 6. The number of carbonyl (C=O) groups excluding carboxylic acids is 1. The van der Waals surface area contributed by atoms with E-state index in [0.29, 0.717) is 27.7 Å². The van der Waals surface area contributed by atoms with Gasteiger partial charge in [0.2, 0.25) is 0 Å². The van der Waals surface area contributed by atoms with E-state index in [1.807, 2.05) is 16.7 Å². The van der Waals surface area contributed by atoms with Crippen LogP contribution in [0.4, 0.5) is 17.1 Å². The molecule has 3 aromatic carbocycles. The highest BCUT2D eigenvalue weighted by atomic mass is 32.2. The predicted molar refractivity (Wildman–Crippen MR) is 126 cm³/mol. The van der Waals surface area contributed by atoms with Gasteiger partial charge in [-0.05, 0) is 36.4 Å². The molecule has 0 atom stereocenters. The number of hydrogen-bond donors (Lipinski definition) is 3. The molecule has 164 valence electrons. The third-order valence-electron chi connectivity index (χ3n) is 5.61. The molecule has 10 heteroatoms. The Hall–Kier alpha value is -3.24. The summed E-state index contributed by atoms with van der Waals surface area (Å²) in [5, 5.41) is 13.4. The maximum absolute atomic E-state index is 13.2. The second kappa shape index (κ2) is 7.72. The van der Waals surface area contributed by atoms with Crippen LogP contribution in [0.25, 0.3) is 10.8 Å². The Morgan fingerprint density at radius 1 is 1.09 bits per heavy atom. The molecule has 2 heterocycles. The molecule has 32 heavy (non-hydrogen) atoms. The van der Waals surface area contributed by atoms with Crippen molar-refractivity contribution in [1.82, 2.24) is 0 Å². The van der Waals surface area contributed by atoms with Gasteiger partial charge in [-0.25, -0.2) is 13.2 Å². The first-order valence-corrected chi connectivity index (χ1v) is 12.6. The van der Waals surface area contributed by atoms with Gasteiger partial charge in [0.05, 0.1) is 16.1 Å². The standard InChI is InChI=1S/C22H19N3O5S2/c26-21-15-3-1-2-14-19(7-5-17(23-21)20(14)15)32(29,30)24-13-4-6-18(16(12-13)22(27)28)25-8-10-31-11-9-25/h1-7,12,24H,8-11H2,(H,23,26)(H,27,28). The molecule has 1 amide bonds. The van der Waals surface area contributed by atoms with Crippen LogP contribution in [0.2, 0.25) is 0 Å². The summed E-state index contributed by atoms with van der Waals surface area (Å²) in [5.41, 5.74) is 1.78. The summed E-state index contributed by atoms with van der Waals surface area (Å²) in [6.45, 7) is 1.48. The zero-order chi connectivity index (χ0) is 22.5. The van der Waals surface area contributed by atoms with Gasteiger partial charge in [0, 0.05) is 52.3 Å². The van der Waals surface area contributed by atoms with E-state index < -0.39 is 16.0 Å². The number of nitrogens with one attached hydrogen (secondary N) is 2. The van der Waals surface area contributed by atoms with Gasteiger partial charge in [-0.3, -0.25) is 9.52 Å². The van der Waals surface area contributed by atoms with Gasteiger partial charge < -0.3 is 15.3 Å². The zero-order valence-electron chi connectivity index (χ0n) is 16.8. The molecule has 2 aliphatic rings. The number of amides is 1. The van der Waals surface area contributed by atoms with Crippen molar-refractivity contribution >= 4 is 61.5 Å². The lowest BCUT2D eigenvalue weighted by Crippen LogP contribution is -2.33. The summed E-state index contributed by atoms with van der Waals surface area (Å²) < 4.78 is 29.0. The van der Waals surface area contributed by atoms with Crippen LogP contribution >= 0.6 is 11.8 Å². The molecule has 0 aromatic heterocycles. The van der Waals surface area contributed by atoms with Crippen molar-refractivity contribution in [3.8, 4) is 0 Å². The Morgan fingerprint density at radius 2 is 1.88 bits per heavy atom. The summed E-state index contributed by atoms with van der Waals surface area (Å²) in [6.07, 6.45) is 0. The van der Waals surface area contributed by atoms with Crippen molar-refractivity contribution in [2.75, 3.05) is 39.5 Å². The third-order valence-corrected chi connectivity index (χ3v) is 8.00. The first-order chi connectivity index (χ1) is 15.3. The molecule has 0 saturated carbocycles. The van der Waals surface area contributed by atoms with Crippen LogP contribution in [-0.2, 0) is 10.0 Å². The second-order valence-corrected chi connectivity index (χ2v) is 10.4. The third kappa shape index (κ3) is 3.45. The minimum Gasteiger partial charge on any atom is -0.478 e. The molecule has 0 bridgehead atoms. The lowest BCUT2D eigenvalue weighted by atomic mass is 10.1. The first-order valence-electron chi connectivity index (χ1n) is 9.95. The summed E-state index contributed by atoms with van der Waals surface area (Å²) >= 11 is 1.82. The van der Waals surface area contributed by atoms with E-state index >= 15 is 0 Å². The number of rotatable bonds is 5. The Labute approximate surface area is 188 Å². The maximum atomic E-state index is 13.2. The van der Waals surface area contributed by atoms with Crippen LogP contribution < -0.4 is 14.9 Å². The Bertz CT molecular complexity index is 1380. The van der Waals surface area contributed by atoms with Gasteiger partial charge in [0.25, 0.3) is 15.9 Å². The molecule has 3 aromatic rings. The molecule has 0 radical (unpaired) electrons. The number of sulfonamides is 1. The Balaban J connectivity index is 1.53. The van der Waals surface area contributed by atoms with E-state index in [2.05, 4.69) is 10.0 Å². The summed E-state index contributed by atoms with van der Waals surface area (Å²) in [7, 11) is -4.04. The van der Waals surface area contributed by atoms with Gasteiger partial charge in [-0.15, -0.1) is 0 Å². The number of thioether (sulfide) groups is 1. The molecule has 5 rings (SSSR count). The number of carboxylic acids is 1. The quantitative estimate of drug-likeness (QED) is 0.524. The van der Waals surface area contributed by atoms with Crippen LogP contribution in [0.5, 0.6) is 0 Å². The highest BCUT2D eigenvalue weighted by molar-refractivity contribution is 7.99. The Morgan fingerprint density at radius 3 is 2.62 bits per heavy atom. The van der Waals surface area contributed by atoms with Crippen LogP contribution in [0.3, 0.4) is 0 Å². The molecule has 0 unspecified atom stereocenters. The SMILES string of the molecule is O=C(O)c1cc(NS(=O)(=O)c2ccc3c4c(cccc24)C(=O)N3)ccc1N1CCSCC1. The van der Waals surface area contributed by atoms with Crippen molar-refractivity contribution < 1.29 is 23.1 Å². The number of carbonyl (C=O) groups is 2. The number of anilines is 3. The van der Waals surface area contributed by atoms with Crippen LogP contribution in [-0.4, -0.2) is 50.0 Å². The number of carboxylic acid groups (broad SMARTS) is 1. The van der Waals surface area contributed by atoms with Gasteiger partial charge in [0.15, 0.2) is 0 Å². The maximum Gasteiger partial charge on any atom is 0.337 e. The van der Waals surface area contributed by atoms with Crippen molar-refractivity contribution in [2.24, 2.45) is 0 Å². The van der Waals surface area contributed by atoms with E-state index in [1.165, 1.54) is 12.1 Å². The molecule has 1 saturated heterocycles. The summed E-state index contributed by atoms with van der Waals surface area (Å²) in [4.78, 5) is 26.0.